The number of rotatable bonds is 3. The summed E-state index contributed by atoms with van der Waals surface area (Å²) >= 11 is 0. The van der Waals surface area contributed by atoms with Crippen LogP contribution in [0.1, 0.15) is 31.4 Å². The predicted molar refractivity (Wildman–Crippen MR) is 59.2 cm³/mol. The summed E-state index contributed by atoms with van der Waals surface area (Å²) in [6.45, 7) is 2.14. The summed E-state index contributed by atoms with van der Waals surface area (Å²) in [5.41, 5.74) is 7.18. The fraction of sp³-hybridized carbons (Fsp3) is 0.500. The summed E-state index contributed by atoms with van der Waals surface area (Å²) in [5.74, 6) is 1.60. The Morgan fingerprint density at radius 3 is 2.93 bits per heavy atom. The van der Waals surface area contributed by atoms with E-state index in [0.717, 1.165) is 29.9 Å². The first kappa shape index (κ1) is 10.3. The van der Waals surface area contributed by atoms with Gasteiger partial charge in [0, 0.05) is 5.56 Å². The molecule has 2 atom stereocenters. The van der Waals surface area contributed by atoms with E-state index in [-0.39, 0.29) is 12.1 Å². The van der Waals surface area contributed by atoms with E-state index in [1.807, 2.05) is 18.2 Å². The molecule has 2 rings (SSSR count). The van der Waals surface area contributed by atoms with Crippen LogP contribution in [0.3, 0.4) is 0 Å². The molecule has 0 aliphatic carbocycles. The van der Waals surface area contributed by atoms with Crippen LogP contribution in [0.5, 0.6) is 11.5 Å². The molecule has 0 spiro atoms. The summed E-state index contributed by atoms with van der Waals surface area (Å²) in [7, 11) is 1.65. The average molecular weight is 207 g/mol. The standard InChI is InChI=1S/C12H17NO2/c1-3-5-9-11(13)8-6-4-7-10(14-2)12(8)15-9/h4,6-7,9,11H,3,5,13H2,1-2H3. The van der Waals surface area contributed by atoms with Crippen molar-refractivity contribution in [1.29, 1.82) is 0 Å². The maximum Gasteiger partial charge on any atom is 0.166 e. The lowest BCUT2D eigenvalue weighted by atomic mass is 10.0. The predicted octanol–water partition coefficient (Wildman–Crippen LogP) is 2.26. The average Bonchev–Trinajstić information content (AvgIpc) is 2.57. The second-order valence-electron chi connectivity index (χ2n) is 3.85. The fourth-order valence-electron chi connectivity index (χ4n) is 2.03. The maximum absolute atomic E-state index is 6.12. The van der Waals surface area contributed by atoms with Gasteiger partial charge in [0.1, 0.15) is 6.10 Å². The minimum Gasteiger partial charge on any atom is -0.493 e. The molecule has 0 fully saturated rings. The van der Waals surface area contributed by atoms with Gasteiger partial charge in [-0.3, -0.25) is 0 Å². The van der Waals surface area contributed by atoms with Crippen molar-refractivity contribution in [3.05, 3.63) is 23.8 Å². The summed E-state index contributed by atoms with van der Waals surface area (Å²) in [5, 5.41) is 0. The summed E-state index contributed by atoms with van der Waals surface area (Å²) in [6, 6.07) is 5.85. The number of para-hydroxylation sites is 1. The van der Waals surface area contributed by atoms with Crippen LogP contribution >= 0.6 is 0 Å². The largest absolute Gasteiger partial charge is 0.493 e. The van der Waals surface area contributed by atoms with Crippen LogP contribution < -0.4 is 15.2 Å². The normalized spacial score (nSPS) is 23.4. The number of ether oxygens (including phenoxy) is 2. The molecule has 1 aromatic carbocycles. The second-order valence-corrected chi connectivity index (χ2v) is 3.85. The van der Waals surface area contributed by atoms with Gasteiger partial charge < -0.3 is 15.2 Å². The van der Waals surface area contributed by atoms with Crippen molar-refractivity contribution in [2.45, 2.75) is 31.9 Å². The zero-order valence-corrected chi connectivity index (χ0v) is 9.19. The Kier molecular flexibility index (Phi) is 2.82. The first-order chi connectivity index (χ1) is 7.27. The Morgan fingerprint density at radius 1 is 1.47 bits per heavy atom. The summed E-state index contributed by atoms with van der Waals surface area (Å²) in [4.78, 5) is 0. The van der Waals surface area contributed by atoms with Gasteiger partial charge in [-0.15, -0.1) is 0 Å². The van der Waals surface area contributed by atoms with E-state index >= 15 is 0 Å². The van der Waals surface area contributed by atoms with Crippen molar-refractivity contribution >= 4 is 0 Å². The third-order valence-electron chi connectivity index (χ3n) is 2.83. The van der Waals surface area contributed by atoms with Crippen molar-refractivity contribution in [2.24, 2.45) is 5.73 Å². The number of nitrogens with two attached hydrogens (primary N) is 1. The van der Waals surface area contributed by atoms with Gasteiger partial charge in [0.2, 0.25) is 0 Å². The highest BCUT2D eigenvalue weighted by Crippen LogP contribution is 2.42. The Bertz CT molecular complexity index is 351. The Hall–Kier alpha value is -1.22. The molecule has 0 radical (unpaired) electrons. The molecule has 1 aliphatic rings. The van der Waals surface area contributed by atoms with Crippen LogP contribution in [-0.4, -0.2) is 13.2 Å². The van der Waals surface area contributed by atoms with Gasteiger partial charge in [-0.25, -0.2) is 0 Å². The van der Waals surface area contributed by atoms with Crippen molar-refractivity contribution in [3.63, 3.8) is 0 Å². The molecule has 1 aromatic rings. The lowest BCUT2D eigenvalue weighted by Gasteiger charge is -2.13. The lowest BCUT2D eigenvalue weighted by molar-refractivity contribution is 0.189. The van der Waals surface area contributed by atoms with Crippen molar-refractivity contribution < 1.29 is 9.47 Å². The van der Waals surface area contributed by atoms with Gasteiger partial charge in [0.05, 0.1) is 13.2 Å². The maximum atomic E-state index is 6.12. The monoisotopic (exact) mass is 207 g/mol. The molecule has 2 N–H and O–H groups in total. The molecule has 3 heteroatoms. The smallest absolute Gasteiger partial charge is 0.166 e. The van der Waals surface area contributed by atoms with Crippen LogP contribution in [0.15, 0.2) is 18.2 Å². The Morgan fingerprint density at radius 2 is 2.27 bits per heavy atom. The first-order valence-electron chi connectivity index (χ1n) is 5.37. The number of benzene rings is 1. The number of fused-ring (bicyclic) bond motifs is 1. The van der Waals surface area contributed by atoms with E-state index in [0.29, 0.717) is 0 Å². The van der Waals surface area contributed by atoms with Crippen LogP contribution in [0, 0.1) is 0 Å². The van der Waals surface area contributed by atoms with E-state index in [4.69, 9.17) is 15.2 Å². The van der Waals surface area contributed by atoms with Crippen molar-refractivity contribution in [2.75, 3.05) is 7.11 Å². The van der Waals surface area contributed by atoms with Gasteiger partial charge in [0.15, 0.2) is 11.5 Å². The third-order valence-corrected chi connectivity index (χ3v) is 2.83. The van der Waals surface area contributed by atoms with Crippen LogP contribution in [0.4, 0.5) is 0 Å². The minimum atomic E-state index is -0.0185. The molecular formula is C12H17NO2. The minimum absolute atomic E-state index is 0.0185. The molecular weight excluding hydrogens is 190 g/mol. The van der Waals surface area contributed by atoms with E-state index in [1.165, 1.54) is 0 Å². The molecule has 3 nitrogen and oxygen atoms in total. The molecule has 2 unspecified atom stereocenters. The third kappa shape index (κ3) is 1.67. The lowest BCUT2D eigenvalue weighted by Crippen LogP contribution is -2.24. The number of hydrogen-bond acceptors (Lipinski definition) is 3. The van der Waals surface area contributed by atoms with E-state index in [9.17, 15) is 0 Å². The highest BCUT2D eigenvalue weighted by Gasteiger charge is 2.32. The first-order valence-corrected chi connectivity index (χ1v) is 5.37. The Labute approximate surface area is 90.2 Å². The molecule has 82 valence electrons. The molecule has 0 saturated heterocycles. The topological polar surface area (TPSA) is 44.5 Å². The molecule has 15 heavy (non-hydrogen) atoms. The summed E-state index contributed by atoms with van der Waals surface area (Å²) in [6.07, 6.45) is 2.16. The van der Waals surface area contributed by atoms with Gasteiger partial charge in [-0.1, -0.05) is 25.5 Å². The molecule has 0 bridgehead atoms. The molecule has 1 aliphatic heterocycles. The molecule has 0 aromatic heterocycles. The van der Waals surface area contributed by atoms with Crippen LogP contribution in [0.25, 0.3) is 0 Å². The van der Waals surface area contributed by atoms with E-state index in [1.54, 1.807) is 7.11 Å². The second kappa shape index (κ2) is 4.11. The number of hydrogen-bond donors (Lipinski definition) is 1. The SMILES string of the molecule is CCCC1Oc2c(OC)cccc2C1N. The fourth-order valence-corrected chi connectivity index (χ4v) is 2.03. The summed E-state index contributed by atoms with van der Waals surface area (Å²) < 4.78 is 11.1. The highest BCUT2D eigenvalue weighted by atomic mass is 16.5. The van der Waals surface area contributed by atoms with Crippen molar-refractivity contribution in [1.82, 2.24) is 0 Å². The van der Waals surface area contributed by atoms with Gasteiger partial charge in [0.25, 0.3) is 0 Å². The van der Waals surface area contributed by atoms with Crippen LogP contribution in [0.2, 0.25) is 0 Å². The van der Waals surface area contributed by atoms with Crippen molar-refractivity contribution in [3.8, 4) is 11.5 Å². The molecule has 0 amide bonds. The number of methoxy groups -OCH3 is 1. The van der Waals surface area contributed by atoms with Gasteiger partial charge in [-0.05, 0) is 12.5 Å². The van der Waals surface area contributed by atoms with Gasteiger partial charge in [-0.2, -0.15) is 0 Å². The van der Waals surface area contributed by atoms with Gasteiger partial charge >= 0.3 is 0 Å². The van der Waals surface area contributed by atoms with E-state index < -0.39 is 0 Å². The van der Waals surface area contributed by atoms with Crippen LogP contribution in [-0.2, 0) is 0 Å². The molecule has 0 saturated carbocycles. The molecule has 1 heterocycles. The zero-order chi connectivity index (χ0) is 10.8. The quantitative estimate of drug-likeness (QED) is 0.826. The Balaban J connectivity index is 2.31. The zero-order valence-electron chi connectivity index (χ0n) is 9.19. The van der Waals surface area contributed by atoms with E-state index in [2.05, 4.69) is 6.92 Å². The highest BCUT2D eigenvalue weighted by molar-refractivity contribution is 5.51.